The maximum absolute atomic E-state index is 12.6. The van der Waals surface area contributed by atoms with Crippen LogP contribution in [0, 0.1) is 11.8 Å². The zero-order chi connectivity index (χ0) is 13.5. The summed E-state index contributed by atoms with van der Waals surface area (Å²) < 4.78 is 0. The molecular weight excluding hydrogens is 236 g/mol. The molecule has 3 aliphatic rings. The number of hydrogen-bond donors (Lipinski definition) is 1. The van der Waals surface area contributed by atoms with Gasteiger partial charge < -0.3 is 4.90 Å². The third kappa shape index (κ3) is 2.67. The van der Waals surface area contributed by atoms with Gasteiger partial charge in [0, 0.05) is 6.54 Å². The molecule has 0 aromatic rings. The van der Waals surface area contributed by atoms with E-state index < -0.39 is 0 Å². The van der Waals surface area contributed by atoms with Crippen LogP contribution < -0.4 is 5.32 Å². The summed E-state index contributed by atoms with van der Waals surface area (Å²) in [7, 11) is 0. The van der Waals surface area contributed by atoms with Crippen LogP contribution in [0.4, 0.5) is 0 Å². The third-order valence-electron chi connectivity index (χ3n) is 5.11. The number of carbonyl (C=O) groups is 1. The van der Waals surface area contributed by atoms with E-state index in [9.17, 15) is 4.79 Å². The van der Waals surface area contributed by atoms with Crippen molar-refractivity contribution in [2.75, 3.05) is 6.54 Å². The molecule has 0 aromatic carbocycles. The summed E-state index contributed by atoms with van der Waals surface area (Å²) in [5.41, 5.74) is -0.131. The van der Waals surface area contributed by atoms with Gasteiger partial charge in [-0.2, -0.15) is 0 Å². The van der Waals surface area contributed by atoms with Crippen molar-refractivity contribution < 1.29 is 4.79 Å². The minimum atomic E-state index is -0.131. The summed E-state index contributed by atoms with van der Waals surface area (Å²) in [5.74, 6) is 1.81. The summed E-state index contributed by atoms with van der Waals surface area (Å²) in [5, 5.41) is 3.64. The van der Waals surface area contributed by atoms with Crippen LogP contribution in [0.25, 0.3) is 0 Å². The van der Waals surface area contributed by atoms with E-state index >= 15 is 0 Å². The summed E-state index contributed by atoms with van der Waals surface area (Å²) in [6.07, 6.45) is 10.3. The molecule has 3 nitrogen and oxygen atoms in total. The van der Waals surface area contributed by atoms with Gasteiger partial charge >= 0.3 is 0 Å². The van der Waals surface area contributed by atoms with Gasteiger partial charge in [0.05, 0.1) is 11.7 Å². The molecule has 1 heterocycles. The van der Waals surface area contributed by atoms with E-state index in [0.717, 1.165) is 31.7 Å². The first-order valence-corrected chi connectivity index (χ1v) is 8.19. The highest BCUT2D eigenvalue weighted by Crippen LogP contribution is 2.43. The van der Waals surface area contributed by atoms with Gasteiger partial charge in [0.25, 0.3) is 0 Å². The highest BCUT2D eigenvalue weighted by Gasteiger charge is 2.58. The molecule has 1 unspecified atom stereocenters. The number of hydrogen-bond acceptors (Lipinski definition) is 2. The fraction of sp³-hybridized carbons (Fsp3) is 0.938. The lowest BCUT2D eigenvalue weighted by Crippen LogP contribution is -2.41. The maximum atomic E-state index is 12.6. The van der Waals surface area contributed by atoms with Crippen LogP contribution in [0.3, 0.4) is 0 Å². The normalized spacial score (nSPS) is 30.6. The van der Waals surface area contributed by atoms with E-state index in [1.165, 1.54) is 32.1 Å². The molecule has 108 valence electrons. The Morgan fingerprint density at radius 1 is 1.26 bits per heavy atom. The summed E-state index contributed by atoms with van der Waals surface area (Å²) in [6.45, 7) is 5.51. The highest BCUT2D eigenvalue weighted by molar-refractivity contribution is 5.91. The lowest BCUT2D eigenvalue weighted by molar-refractivity contribution is -0.131. The van der Waals surface area contributed by atoms with E-state index in [2.05, 4.69) is 24.1 Å². The maximum Gasteiger partial charge on any atom is 0.244 e. The fourth-order valence-electron chi connectivity index (χ4n) is 3.85. The fourth-order valence-corrected chi connectivity index (χ4v) is 3.85. The Morgan fingerprint density at radius 2 is 1.95 bits per heavy atom. The molecule has 3 heteroatoms. The third-order valence-corrected chi connectivity index (χ3v) is 5.11. The van der Waals surface area contributed by atoms with Crippen molar-refractivity contribution in [1.29, 1.82) is 0 Å². The molecule has 1 amide bonds. The molecule has 0 radical (unpaired) electrons. The van der Waals surface area contributed by atoms with Gasteiger partial charge in [-0.1, -0.05) is 33.1 Å². The van der Waals surface area contributed by atoms with E-state index in [1.54, 1.807) is 0 Å². The smallest absolute Gasteiger partial charge is 0.244 e. The van der Waals surface area contributed by atoms with Crippen molar-refractivity contribution >= 4 is 5.91 Å². The minimum absolute atomic E-state index is 0.131. The molecule has 0 bridgehead atoms. The Hall–Kier alpha value is -0.570. The van der Waals surface area contributed by atoms with Gasteiger partial charge in [-0.25, -0.2) is 0 Å². The second-order valence-corrected chi connectivity index (χ2v) is 7.33. The summed E-state index contributed by atoms with van der Waals surface area (Å²) in [6, 6.07) is 0. The van der Waals surface area contributed by atoms with Crippen LogP contribution >= 0.6 is 0 Å². The lowest BCUT2D eigenvalue weighted by Gasteiger charge is -2.31. The van der Waals surface area contributed by atoms with Crippen LogP contribution in [0.5, 0.6) is 0 Å². The number of carbonyl (C=O) groups excluding carboxylic acids is 1. The van der Waals surface area contributed by atoms with Crippen LogP contribution in [0.2, 0.25) is 0 Å². The van der Waals surface area contributed by atoms with Gasteiger partial charge in [-0.3, -0.25) is 10.1 Å². The zero-order valence-corrected chi connectivity index (χ0v) is 12.5. The molecule has 3 fully saturated rings. The van der Waals surface area contributed by atoms with Crippen LogP contribution in [-0.4, -0.2) is 29.1 Å². The lowest BCUT2D eigenvalue weighted by atomic mass is 9.88. The minimum Gasteiger partial charge on any atom is -0.325 e. The molecule has 3 rings (SSSR count). The summed E-state index contributed by atoms with van der Waals surface area (Å²) in [4.78, 5) is 14.8. The van der Waals surface area contributed by atoms with E-state index in [-0.39, 0.29) is 5.54 Å². The zero-order valence-electron chi connectivity index (χ0n) is 12.5. The molecule has 0 aromatic heterocycles. The highest BCUT2D eigenvalue weighted by atomic mass is 16.2. The van der Waals surface area contributed by atoms with Crippen LogP contribution in [0.15, 0.2) is 0 Å². The van der Waals surface area contributed by atoms with Gasteiger partial charge in [-0.05, 0) is 43.9 Å². The van der Waals surface area contributed by atoms with Crippen molar-refractivity contribution in [3.63, 3.8) is 0 Å². The van der Waals surface area contributed by atoms with Gasteiger partial charge in [0.15, 0.2) is 0 Å². The molecule has 19 heavy (non-hydrogen) atoms. The van der Waals surface area contributed by atoms with Crippen molar-refractivity contribution in [3.05, 3.63) is 0 Å². The first kappa shape index (κ1) is 13.4. The molecule has 2 aliphatic carbocycles. The van der Waals surface area contributed by atoms with E-state index in [4.69, 9.17) is 0 Å². The number of rotatable bonds is 4. The van der Waals surface area contributed by atoms with Crippen molar-refractivity contribution in [1.82, 2.24) is 10.2 Å². The topological polar surface area (TPSA) is 32.3 Å². The van der Waals surface area contributed by atoms with E-state index in [0.29, 0.717) is 18.0 Å². The first-order chi connectivity index (χ1) is 9.11. The average Bonchev–Trinajstić information content (AvgIpc) is 3.11. The number of nitrogens with zero attached hydrogens (tertiary/aromatic N) is 1. The largest absolute Gasteiger partial charge is 0.325 e. The summed E-state index contributed by atoms with van der Waals surface area (Å²) >= 11 is 0. The molecule has 1 aliphatic heterocycles. The Morgan fingerprint density at radius 3 is 2.53 bits per heavy atom. The molecule has 1 atom stereocenters. The van der Waals surface area contributed by atoms with Crippen molar-refractivity contribution in [2.24, 2.45) is 11.8 Å². The first-order valence-electron chi connectivity index (χ1n) is 8.19. The molecule has 1 N–H and O–H groups in total. The van der Waals surface area contributed by atoms with Gasteiger partial charge in [-0.15, -0.1) is 0 Å². The average molecular weight is 264 g/mol. The standard InChI is InChI=1S/C16H28N2O/c1-12(2)10-14-17-16(8-9-16)15(19)18(14)11-13-6-4-3-5-7-13/h12-14,17H,3-11H2,1-2H3. The van der Waals surface area contributed by atoms with Gasteiger partial charge in [0.1, 0.15) is 0 Å². The quantitative estimate of drug-likeness (QED) is 0.847. The predicted molar refractivity (Wildman–Crippen MR) is 76.6 cm³/mol. The Bertz CT molecular complexity index is 343. The van der Waals surface area contributed by atoms with Crippen molar-refractivity contribution in [2.45, 2.75) is 76.9 Å². The Kier molecular flexibility index (Phi) is 3.59. The van der Waals surface area contributed by atoms with Crippen molar-refractivity contribution in [3.8, 4) is 0 Å². The number of nitrogens with one attached hydrogen (secondary N) is 1. The Balaban J connectivity index is 1.66. The number of amides is 1. The van der Waals surface area contributed by atoms with Gasteiger partial charge in [0.2, 0.25) is 5.91 Å². The van der Waals surface area contributed by atoms with Crippen LogP contribution in [0.1, 0.15) is 65.2 Å². The monoisotopic (exact) mass is 264 g/mol. The second-order valence-electron chi connectivity index (χ2n) is 7.33. The van der Waals surface area contributed by atoms with Crippen LogP contribution in [-0.2, 0) is 4.79 Å². The predicted octanol–water partition coefficient (Wildman–Crippen LogP) is 2.90. The Labute approximate surface area is 117 Å². The molecule has 1 spiro atoms. The SMILES string of the molecule is CC(C)CC1NC2(CC2)C(=O)N1CC1CCCCC1. The molecule has 2 saturated carbocycles. The molecule has 1 saturated heterocycles. The van der Waals surface area contributed by atoms with E-state index in [1.807, 2.05) is 0 Å². The molecular formula is C16H28N2O. The second kappa shape index (κ2) is 5.08.